The van der Waals surface area contributed by atoms with E-state index in [1.807, 2.05) is 22.4 Å². The predicted octanol–water partition coefficient (Wildman–Crippen LogP) is 2.87. The van der Waals surface area contributed by atoms with Gasteiger partial charge in [-0.2, -0.15) is 0 Å². The predicted molar refractivity (Wildman–Crippen MR) is 98.7 cm³/mol. The van der Waals surface area contributed by atoms with Crippen LogP contribution in [0.4, 0.5) is 4.39 Å². The molecule has 1 aromatic carbocycles. The van der Waals surface area contributed by atoms with E-state index in [9.17, 15) is 9.18 Å². The van der Waals surface area contributed by atoms with Gasteiger partial charge in [0.25, 0.3) is 0 Å². The van der Waals surface area contributed by atoms with Crippen LogP contribution in [-0.4, -0.2) is 58.0 Å². The molecule has 0 radical (unpaired) electrons. The zero-order valence-electron chi connectivity index (χ0n) is 14.7. The van der Waals surface area contributed by atoms with E-state index in [2.05, 4.69) is 14.5 Å². The van der Waals surface area contributed by atoms with Crippen LogP contribution in [0.25, 0.3) is 0 Å². The van der Waals surface area contributed by atoms with Gasteiger partial charge in [0.1, 0.15) is 5.82 Å². The van der Waals surface area contributed by atoms with Gasteiger partial charge in [-0.15, -0.1) is 5.10 Å². The molecule has 0 N–H and O–H groups in total. The van der Waals surface area contributed by atoms with Crippen molar-refractivity contribution in [3.8, 4) is 0 Å². The van der Waals surface area contributed by atoms with E-state index < -0.39 is 0 Å². The summed E-state index contributed by atoms with van der Waals surface area (Å²) in [6, 6.07) is 6.63. The van der Waals surface area contributed by atoms with Gasteiger partial charge in [-0.1, -0.05) is 23.0 Å². The van der Waals surface area contributed by atoms with Crippen molar-refractivity contribution in [3.05, 3.63) is 46.7 Å². The number of piperidine rings is 1. The average molecular weight is 374 g/mol. The Bertz CT molecular complexity index is 731. The van der Waals surface area contributed by atoms with E-state index in [0.717, 1.165) is 24.3 Å². The number of hydrogen-bond acceptors (Lipinski definition) is 5. The molecule has 0 saturated carbocycles. The Morgan fingerprint density at radius 1 is 1.12 bits per heavy atom. The molecule has 1 aromatic heterocycles. The number of nitrogens with zero attached hydrogens (tertiary/aromatic N) is 4. The summed E-state index contributed by atoms with van der Waals surface area (Å²) in [6.07, 6.45) is 3.62. The van der Waals surface area contributed by atoms with Gasteiger partial charge < -0.3 is 4.90 Å². The number of halogens is 1. The normalized spacial score (nSPS) is 24.1. The quantitative estimate of drug-likeness (QED) is 0.826. The fourth-order valence-electron chi connectivity index (χ4n) is 4.10. The van der Waals surface area contributed by atoms with Crippen molar-refractivity contribution in [2.75, 3.05) is 32.7 Å². The number of likely N-dealkylation sites (tertiary alicyclic amines) is 2. The topological polar surface area (TPSA) is 49.3 Å². The number of hydrogen-bond donors (Lipinski definition) is 0. The smallest absolute Gasteiger partial charge is 0.236 e. The average Bonchev–Trinajstić information content (AvgIpc) is 3.33. The second-order valence-corrected chi connectivity index (χ2v) is 7.84. The van der Waals surface area contributed by atoms with Crippen LogP contribution in [0.1, 0.15) is 42.4 Å². The van der Waals surface area contributed by atoms with Crippen LogP contribution in [0.5, 0.6) is 0 Å². The first-order valence-corrected chi connectivity index (χ1v) is 10.1. The molecule has 4 rings (SSSR count). The van der Waals surface area contributed by atoms with E-state index >= 15 is 0 Å². The maximum absolute atomic E-state index is 13.3. The first kappa shape index (κ1) is 17.5. The van der Waals surface area contributed by atoms with Gasteiger partial charge in [-0.3, -0.25) is 9.69 Å². The molecule has 0 spiro atoms. The molecule has 2 aliphatic heterocycles. The Labute approximate surface area is 157 Å². The van der Waals surface area contributed by atoms with Crippen molar-refractivity contribution in [2.24, 2.45) is 0 Å². The minimum absolute atomic E-state index is 0.115. The number of aromatic nitrogens is 2. The summed E-state index contributed by atoms with van der Waals surface area (Å²) < 4.78 is 17.3. The number of rotatable bonds is 4. The van der Waals surface area contributed by atoms with Crippen LogP contribution in [-0.2, 0) is 4.79 Å². The van der Waals surface area contributed by atoms with Crippen LogP contribution in [0.15, 0.2) is 29.6 Å². The molecule has 0 unspecified atom stereocenters. The number of carbonyl (C=O) groups excluding carboxylic acids is 1. The third-order valence-corrected chi connectivity index (χ3v) is 6.06. The van der Waals surface area contributed by atoms with Crippen molar-refractivity contribution >= 4 is 17.4 Å². The second-order valence-electron chi connectivity index (χ2n) is 7.23. The fourth-order valence-corrected chi connectivity index (χ4v) is 4.62. The highest BCUT2D eigenvalue weighted by atomic mass is 32.1. The van der Waals surface area contributed by atoms with Gasteiger partial charge in [0.15, 0.2) is 0 Å². The van der Waals surface area contributed by atoms with Crippen LogP contribution < -0.4 is 0 Å². The molecule has 2 saturated heterocycles. The highest BCUT2D eigenvalue weighted by molar-refractivity contribution is 7.03. The zero-order valence-corrected chi connectivity index (χ0v) is 15.5. The molecule has 2 fully saturated rings. The molecule has 26 heavy (non-hydrogen) atoms. The monoisotopic (exact) mass is 374 g/mol. The Hall–Kier alpha value is -1.86. The number of carbonyl (C=O) groups is 1. The van der Waals surface area contributed by atoms with Crippen molar-refractivity contribution in [1.82, 2.24) is 19.4 Å². The summed E-state index contributed by atoms with van der Waals surface area (Å²) >= 11 is 1.33. The van der Waals surface area contributed by atoms with E-state index in [0.29, 0.717) is 19.6 Å². The summed E-state index contributed by atoms with van der Waals surface area (Å²) in [4.78, 5) is 17.1. The summed E-state index contributed by atoms with van der Waals surface area (Å²) in [5, 5.41) is 6.21. The van der Waals surface area contributed by atoms with Crippen molar-refractivity contribution < 1.29 is 9.18 Å². The highest BCUT2D eigenvalue weighted by Crippen LogP contribution is 2.39. The molecule has 3 heterocycles. The summed E-state index contributed by atoms with van der Waals surface area (Å²) in [6.45, 7) is 3.83. The minimum atomic E-state index is -0.239. The first-order valence-electron chi connectivity index (χ1n) is 9.23. The lowest BCUT2D eigenvalue weighted by Gasteiger charge is -2.28. The van der Waals surface area contributed by atoms with Crippen molar-refractivity contribution in [1.29, 1.82) is 0 Å². The third-order valence-electron chi connectivity index (χ3n) is 5.54. The molecule has 138 valence electrons. The van der Waals surface area contributed by atoms with E-state index in [-0.39, 0.29) is 23.6 Å². The summed E-state index contributed by atoms with van der Waals surface area (Å²) in [5.74, 6) is 0.190. The van der Waals surface area contributed by atoms with Crippen molar-refractivity contribution in [3.63, 3.8) is 0 Å². The molecule has 2 aromatic rings. The SMILES string of the molecule is O=C(CN1CCCCC1)N1C[C@@H](c2ccc(F)cc2)[C@H](c2csnn2)C1. The lowest BCUT2D eigenvalue weighted by molar-refractivity contribution is -0.131. The van der Waals surface area contributed by atoms with Crippen molar-refractivity contribution in [2.45, 2.75) is 31.1 Å². The molecular formula is C19H23FN4OS. The van der Waals surface area contributed by atoms with E-state index in [1.54, 1.807) is 0 Å². The molecule has 2 aliphatic rings. The largest absolute Gasteiger partial charge is 0.340 e. The van der Waals surface area contributed by atoms with E-state index in [4.69, 9.17) is 0 Å². The van der Waals surface area contributed by atoms with Gasteiger partial charge in [-0.05, 0) is 55.2 Å². The highest BCUT2D eigenvalue weighted by Gasteiger charge is 2.38. The van der Waals surface area contributed by atoms with Gasteiger partial charge >= 0.3 is 0 Å². The van der Waals surface area contributed by atoms with Gasteiger partial charge in [0, 0.05) is 30.3 Å². The lowest BCUT2D eigenvalue weighted by Crippen LogP contribution is -2.41. The molecule has 2 atom stereocenters. The molecular weight excluding hydrogens is 351 g/mol. The van der Waals surface area contributed by atoms with Gasteiger partial charge in [-0.25, -0.2) is 4.39 Å². The molecule has 1 amide bonds. The fraction of sp³-hybridized carbons (Fsp3) is 0.526. The Morgan fingerprint density at radius 2 is 1.85 bits per heavy atom. The van der Waals surface area contributed by atoms with Crippen LogP contribution in [0.2, 0.25) is 0 Å². The first-order chi connectivity index (χ1) is 12.7. The second kappa shape index (κ2) is 7.80. The van der Waals surface area contributed by atoms with Crippen LogP contribution in [0, 0.1) is 5.82 Å². The van der Waals surface area contributed by atoms with Gasteiger partial charge in [0.05, 0.1) is 12.2 Å². The number of benzene rings is 1. The molecule has 0 bridgehead atoms. The van der Waals surface area contributed by atoms with Crippen LogP contribution in [0.3, 0.4) is 0 Å². The summed E-state index contributed by atoms with van der Waals surface area (Å²) in [5.41, 5.74) is 1.98. The maximum Gasteiger partial charge on any atom is 0.236 e. The molecule has 7 heteroatoms. The zero-order chi connectivity index (χ0) is 17.9. The Balaban J connectivity index is 1.51. The third kappa shape index (κ3) is 3.78. The molecule has 0 aliphatic carbocycles. The molecule has 5 nitrogen and oxygen atoms in total. The standard InChI is InChI=1S/C19H23FN4OS/c20-15-6-4-14(5-7-15)16-10-24(11-17(16)18-13-26-22-21-18)19(25)12-23-8-2-1-3-9-23/h4-7,13,16-17H,1-3,8-12H2/t16-,17+/m0/s1. The lowest BCUT2D eigenvalue weighted by atomic mass is 9.87. The number of amides is 1. The maximum atomic E-state index is 13.3. The minimum Gasteiger partial charge on any atom is -0.340 e. The van der Waals surface area contributed by atoms with Gasteiger partial charge in [0.2, 0.25) is 5.91 Å². The Morgan fingerprint density at radius 3 is 2.54 bits per heavy atom. The summed E-state index contributed by atoms with van der Waals surface area (Å²) in [7, 11) is 0. The van der Waals surface area contributed by atoms with Crippen LogP contribution >= 0.6 is 11.5 Å². The Kier molecular flexibility index (Phi) is 5.26. The van der Waals surface area contributed by atoms with E-state index in [1.165, 1.54) is 42.9 Å².